The molecule has 2 bridgehead atoms. The second-order valence-corrected chi connectivity index (χ2v) is 8.18. The Balaban J connectivity index is 1.84. The Labute approximate surface area is 120 Å². The Morgan fingerprint density at radius 1 is 1.47 bits per heavy atom. The second kappa shape index (κ2) is 4.84. The third-order valence-corrected chi connectivity index (χ3v) is 7.06. The van der Waals surface area contributed by atoms with Gasteiger partial charge in [-0.1, -0.05) is 18.0 Å². The second-order valence-electron chi connectivity index (χ2n) is 5.38. The average Bonchev–Trinajstić information content (AvgIpc) is 2.98. The molecule has 0 aliphatic heterocycles. The zero-order valence-corrected chi connectivity index (χ0v) is 13.0. The van der Waals surface area contributed by atoms with Gasteiger partial charge >= 0.3 is 0 Å². The van der Waals surface area contributed by atoms with Gasteiger partial charge in [0.1, 0.15) is 0 Å². The van der Waals surface area contributed by atoms with Gasteiger partial charge in [-0.15, -0.1) is 11.3 Å². The standard InChI is InChI=1S/C13H17BrClNS/c1-16-12(11-6-10(15)13(14)17-11)9-5-7-2-3-8(9)4-7/h6-9,12,16H,2-5H2,1H3. The molecule has 17 heavy (non-hydrogen) atoms. The Morgan fingerprint density at radius 2 is 2.29 bits per heavy atom. The van der Waals surface area contributed by atoms with Crippen LogP contribution in [0.25, 0.3) is 0 Å². The molecule has 0 saturated heterocycles. The zero-order chi connectivity index (χ0) is 12.0. The van der Waals surface area contributed by atoms with Gasteiger partial charge in [-0.2, -0.15) is 0 Å². The minimum absolute atomic E-state index is 0.499. The predicted molar refractivity (Wildman–Crippen MR) is 77.8 cm³/mol. The van der Waals surface area contributed by atoms with E-state index in [1.54, 1.807) is 11.3 Å². The van der Waals surface area contributed by atoms with E-state index in [-0.39, 0.29) is 0 Å². The van der Waals surface area contributed by atoms with Crippen molar-refractivity contribution in [2.45, 2.75) is 31.7 Å². The molecule has 4 atom stereocenters. The van der Waals surface area contributed by atoms with E-state index in [4.69, 9.17) is 11.6 Å². The van der Waals surface area contributed by atoms with Crippen LogP contribution in [0.5, 0.6) is 0 Å². The Hall–Kier alpha value is 0.430. The third kappa shape index (κ3) is 2.20. The molecule has 2 saturated carbocycles. The molecular weight excluding hydrogens is 318 g/mol. The van der Waals surface area contributed by atoms with Gasteiger partial charge in [0.25, 0.3) is 0 Å². The fourth-order valence-corrected chi connectivity index (χ4v) is 5.72. The molecule has 0 amide bonds. The topological polar surface area (TPSA) is 12.0 Å². The molecule has 2 fully saturated rings. The summed E-state index contributed by atoms with van der Waals surface area (Å²) >= 11 is 11.5. The molecule has 2 aliphatic rings. The first-order valence-electron chi connectivity index (χ1n) is 6.31. The molecule has 1 N–H and O–H groups in total. The molecule has 3 rings (SSSR count). The van der Waals surface area contributed by atoms with Gasteiger partial charge in [0.15, 0.2) is 0 Å². The lowest BCUT2D eigenvalue weighted by Gasteiger charge is -2.29. The van der Waals surface area contributed by atoms with Crippen LogP contribution in [0.1, 0.15) is 36.6 Å². The number of hydrogen-bond donors (Lipinski definition) is 1. The minimum atomic E-state index is 0.499. The summed E-state index contributed by atoms with van der Waals surface area (Å²) in [7, 11) is 2.08. The lowest BCUT2D eigenvalue weighted by atomic mass is 9.83. The average molecular weight is 335 g/mol. The fourth-order valence-electron chi connectivity index (χ4n) is 3.79. The van der Waals surface area contributed by atoms with Gasteiger partial charge in [0, 0.05) is 10.9 Å². The van der Waals surface area contributed by atoms with Crippen molar-refractivity contribution in [3.8, 4) is 0 Å². The van der Waals surface area contributed by atoms with Crippen LogP contribution in [-0.2, 0) is 0 Å². The summed E-state index contributed by atoms with van der Waals surface area (Å²) in [4.78, 5) is 1.39. The highest BCUT2D eigenvalue weighted by molar-refractivity contribution is 9.11. The Morgan fingerprint density at radius 3 is 2.76 bits per heavy atom. The van der Waals surface area contributed by atoms with Gasteiger partial charge in [-0.05, 0) is 66.1 Å². The fraction of sp³-hybridized carbons (Fsp3) is 0.692. The largest absolute Gasteiger partial charge is 0.312 e. The lowest BCUT2D eigenvalue weighted by Crippen LogP contribution is -2.28. The van der Waals surface area contributed by atoms with Crippen molar-refractivity contribution >= 4 is 38.9 Å². The van der Waals surface area contributed by atoms with Crippen molar-refractivity contribution in [3.05, 3.63) is 19.8 Å². The van der Waals surface area contributed by atoms with E-state index >= 15 is 0 Å². The molecule has 0 aromatic carbocycles. The van der Waals surface area contributed by atoms with Gasteiger partial charge in [-0.25, -0.2) is 0 Å². The molecule has 1 heterocycles. The van der Waals surface area contributed by atoms with Crippen LogP contribution in [0.2, 0.25) is 5.02 Å². The quantitative estimate of drug-likeness (QED) is 0.832. The number of nitrogens with one attached hydrogen (secondary N) is 1. The van der Waals surface area contributed by atoms with E-state index in [0.29, 0.717) is 6.04 Å². The van der Waals surface area contributed by atoms with Crippen LogP contribution in [0, 0.1) is 17.8 Å². The molecule has 1 nitrogen and oxygen atoms in total. The smallest absolute Gasteiger partial charge is 0.0887 e. The summed E-state index contributed by atoms with van der Waals surface area (Å²) in [5, 5.41) is 4.37. The monoisotopic (exact) mass is 333 g/mol. The van der Waals surface area contributed by atoms with E-state index in [1.807, 2.05) is 0 Å². The van der Waals surface area contributed by atoms with Crippen LogP contribution < -0.4 is 5.32 Å². The third-order valence-electron chi connectivity index (χ3n) is 4.50. The first-order valence-corrected chi connectivity index (χ1v) is 8.29. The van der Waals surface area contributed by atoms with Crippen molar-refractivity contribution in [2.75, 3.05) is 7.05 Å². The summed E-state index contributed by atoms with van der Waals surface area (Å²) in [5.74, 6) is 2.76. The maximum atomic E-state index is 6.15. The molecular formula is C13H17BrClNS. The lowest BCUT2D eigenvalue weighted by molar-refractivity contribution is 0.262. The predicted octanol–water partition coefficient (Wildman–Crippen LogP) is 4.86. The maximum Gasteiger partial charge on any atom is 0.0887 e. The molecule has 4 unspecified atom stereocenters. The molecule has 1 aromatic heterocycles. The minimum Gasteiger partial charge on any atom is -0.312 e. The van der Waals surface area contributed by atoms with Crippen molar-refractivity contribution in [2.24, 2.45) is 17.8 Å². The molecule has 94 valence electrons. The van der Waals surface area contributed by atoms with Crippen molar-refractivity contribution in [1.82, 2.24) is 5.32 Å². The van der Waals surface area contributed by atoms with E-state index in [1.165, 1.54) is 30.6 Å². The van der Waals surface area contributed by atoms with Crippen LogP contribution in [0.3, 0.4) is 0 Å². The van der Waals surface area contributed by atoms with Gasteiger partial charge < -0.3 is 5.32 Å². The van der Waals surface area contributed by atoms with Crippen molar-refractivity contribution in [3.63, 3.8) is 0 Å². The summed E-state index contributed by atoms with van der Waals surface area (Å²) in [6, 6.07) is 2.63. The Bertz CT molecular complexity index is 400. The highest BCUT2D eigenvalue weighted by Gasteiger charge is 2.43. The van der Waals surface area contributed by atoms with Crippen LogP contribution in [-0.4, -0.2) is 7.05 Å². The summed E-state index contributed by atoms with van der Waals surface area (Å²) < 4.78 is 1.07. The summed E-state index contributed by atoms with van der Waals surface area (Å²) in [6.07, 6.45) is 5.77. The normalized spacial score (nSPS) is 33.2. The van der Waals surface area contributed by atoms with Crippen molar-refractivity contribution in [1.29, 1.82) is 0 Å². The van der Waals surface area contributed by atoms with Gasteiger partial charge in [-0.3, -0.25) is 0 Å². The summed E-state index contributed by atoms with van der Waals surface area (Å²) in [6.45, 7) is 0. The van der Waals surface area contributed by atoms with E-state index in [2.05, 4.69) is 34.4 Å². The number of halogens is 2. The van der Waals surface area contributed by atoms with Crippen LogP contribution in [0.4, 0.5) is 0 Å². The number of hydrogen-bond acceptors (Lipinski definition) is 2. The summed E-state index contributed by atoms with van der Waals surface area (Å²) in [5.41, 5.74) is 0. The van der Waals surface area contributed by atoms with Gasteiger partial charge in [0.05, 0.1) is 8.81 Å². The zero-order valence-electron chi connectivity index (χ0n) is 9.88. The highest BCUT2D eigenvalue weighted by Crippen LogP contribution is 2.53. The SMILES string of the molecule is CNC(c1cc(Cl)c(Br)s1)C1CC2CCC1C2. The highest BCUT2D eigenvalue weighted by atomic mass is 79.9. The van der Waals surface area contributed by atoms with E-state index < -0.39 is 0 Å². The maximum absolute atomic E-state index is 6.15. The first kappa shape index (κ1) is 12.5. The van der Waals surface area contributed by atoms with Crippen LogP contribution >= 0.6 is 38.9 Å². The first-order chi connectivity index (χ1) is 8.19. The molecule has 0 spiro atoms. The molecule has 4 heteroatoms. The molecule has 2 aliphatic carbocycles. The number of rotatable bonds is 3. The van der Waals surface area contributed by atoms with E-state index in [0.717, 1.165) is 26.6 Å². The number of fused-ring (bicyclic) bond motifs is 2. The van der Waals surface area contributed by atoms with E-state index in [9.17, 15) is 0 Å². The van der Waals surface area contributed by atoms with Crippen LogP contribution in [0.15, 0.2) is 9.85 Å². The van der Waals surface area contributed by atoms with Gasteiger partial charge in [0.2, 0.25) is 0 Å². The molecule has 1 aromatic rings. The number of thiophene rings is 1. The van der Waals surface area contributed by atoms with Crippen molar-refractivity contribution < 1.29 is 0 Å². The molecule has 0 radical (unpaired) electrons. The Kier molecular flexibility index (Phi) is 3.55.